The quantitative estimate of drug-likeness (QED) is 0.904. The summed E-state index contributed by atoms with van der Waals surface area (Å²) in [5.41, 5.74) is 1.87. The lowest BCUT2D eigenvalue weighted by atomic mass is 10.2. The molecule has 3 nitrogen and oxygen atoms in total. The Labute approximate surface area is 106 Å². The summed E-state index contributed by atoms with van der Waals surface area (Å²) in [6.45, 7) is 5.99. The molecule has 0 fully saturated rings. The van der Waals surface area contributed by atoms with Crippen molar-refractivity contribution in [2.75, 3.05) is 0 Å². The number of hydrogen-bond acceptors (Lipinski definition) is 2. The first-order chi connectivity index (χ1) is 8.04. The van der Waals surface area contributed by atoms with Gasteiger partial charge in [-0.3, -0.25) is 0 Å². The molecule has 2 rings (SSSR count). The fourth-order valence-electron chi connectivity index (χ4n) is 2.03. The average Bonchev–Trinajstić information content (AvgIpc) is 2.66. The van der Waals surface area contributed by atoms with Crippen LogP contribution >= 0.6 is 11.6 Å². The van der Waals surface area contributed by atoms with E-state index < -0.39 is 6.10 Å². The van der Waals surface area contributed by atoms with E-state index in [1.807, 2.05) is 18.2 Å². The van der Waals surface area contributed by atoms with Crippen molar-refractivity contribution in [3.63, 3.8) is 0 Å². The second-order valence-electron chi connectivity index (χ2n) is 4.41. The maximum absolute atomic E-state index is 9.80. The van der Waals surface area contributed by atoms with Crippen molar-refractivity contribution in [2.24, 2.45) is 0 Å². The second-order valence-corrected chi connectivity index (χ2v) is 4.84. The Morgan fingerprint density at radius 3 is 2.71 bits per heavy atom. The van der Waals surface area contributed by atoms with Crippen LogP contribution in [0.5, 0.6) is 0 Å². The SMILES string of the molecule is CC[C@H](C)n1c([C@H](C)O)nc2cc(Cl)ccc21. The van der Waals surface area contributed by atoms with E-state index in [1.54, 1.807) is 6.92 Å². The van der Waals surface area contributed by atoms with Crippen molar-refractivity contribution in [1.82, 2.24) is 9.55 Å². The van der Waals surface area contributed by atoms with Crippen molar-refractivity contribution in [2.45, 2.75) is 39.3 Å². The fourth-order valence-corrected chi connectivity index (χ4v) is 2.20. The predicted octanol–water partition coefficient (Wildman–Crippen LogP) is 3.71. The van der Waals surface area contributed by atoms with E-state index >= 15 is 0 Å². The third-order valence-electron chi connectivity index (χ3n) is 3.08. The minimum atomic E-state index is -0.574. The zero-order valence-electron chi connectivity index (χ0n) is 10.3. The van der Waals surface area contributed by atoms with Crippen LogP contribution in [0.25, 0.3) is 11.0 Å². The Bertz CT molecular complexity index is 533. The third kappa shape index (κ3) is 2.17. The van der Waals surface area contributed by atoms with Gasteiger partial charge in [0, 0.05) is 11.1 Å². The highest BCUT2D eigenvalue weighted by Gasteiger charge is 2.17. The smallest absolute Gasteiger partial charge is 0.138 e. The highest BCUT2D eigenvalue weighted by atomic mass is 35.5. The van der Waals surface area contributed by atoms with Crippen LogP contribution < -0.4 is 0 Å². The molecule has 0 amide bonds. The molecule has 0 aliphatic carbocycles. The van der Waals surface area contributed by atoms with E-state index in [1.165, 1.54) is 0 Å². The van der Waals surface area contributed by atoms with Gasteiger partial charge in [-0.15, -0.1) is 0 Å². The van der Waals surface area contributed by atoms with Gasteiger partial charge in [0.15, 0.2) is 0 Å². The van der Waals surface area contributed by atoms with Crippen molar-refractivity contribution >= 4 is 22.6 Å². The number of halogens is 1. The molecule has 0 saturated carbocycles. The lowest BCUT2D eigenvalue weighted by Gasteiger charge is -2.17. The molecule has 0 radical (unpaired) electrons. The van der Waals surface area contributed by atoms with Crippen LogP contribution in [0.15, 0.2) is 18.2 Å². The normalized spacial score (nSPS) is 15.1. The first-order valence-electron chi connectivity index (χ1n) is 5.90. The van der Waals surface area contributed by atoms with Crippen LogP contribution in [0.2, 0.25) is 5.02 Å². The van der Waals surface area contributed by atoms with Gasteiger partial charge >= 0.3 is 0 Å². The average molecular weight is 253 g/mol. The molecule has 2 aromatic rings. The third-order valence-corrected chi connectivity index (χ3v) is 3.32. The van der Waals surface area contributed by atoms with E-state index in [4.69, 9.17) is 11.6 Å². The van der Waals surface area contributed by atoms with Gasteiger partial charge in [-0.05, 0) is 38.5 Å². The maximum atomic E-state index is 9.80. The summed E-state index contributed by atoms with van der Waals surface area (Å²) in [5, 5.41) is 10.5. The summed E-state index contributed by atoms with van der Waals surface area (Å²) >= 11 is 5.96. The number of imidazole rings is 1. The van der Waals surface area contributed by atoms with E-state index in [-0.39, 0.29) is 0 Å². The molecule has 1 heterocycles. The summed E-state index contributed by atoms with van der Waals surface area (Å²) in [7, 11) is 0. The second kappa shape index (κ2) is 4.67. The highest BCUT2D eigenvalue weighted by molar-refractivity contribution is 6.31. The van der Waals surface area contributed by atoms with Crippen LogP contribution in [0.3, 0.4) is 0 Å². The Hall–Kier alpha value is -1.06. The Morgan fingerprint density at radius 1 is 1.41 bits per heavy atom. The molecule has 0 aliphatic rings. The predicted molar refractivity (Wildman–Crippen MR) is 70.4 cm³/mol. The molecular weight excluding hydrogens is 236 g/mol. The van der Waals surface area contributed by atoms with Crippen LogP contribution in [-0.4, -0.2) is 14.7 Å². The summed E-state index contributed by atoms with van der Waals surface area (Å²) in [5.74, 6) is 0.705. The van der Waals surface area contributed by atoms with Crippen molar-refractivity contribution in [3.8, 4) is 0 Å². The number of nitrogens with zero attached hydrogens (tertiary/aromatic N) is 2. The van der Waals surface area contributed by atoms with Gasteiger partial charge in [-0.1, -0.05) is 18.5 Å². The number of benzene rings is 1. The molecule has 0 bridgehead atoms. The number of fused-ring (bicyclic) bond motifs is 1. The van der Waals surface area contributed by atoms with Crippen LogP contribution in [0, 0.1) is 0 Å². The standard InChI is InChI=1S/C13H17ClN2O/c1-4-8(2)16-12-6-5-10(14)7-11(12)15-13(16)9(3)17/h5-9,17H,4H2,1-3H3/t8-,9-/m0/s1. The molecular formula is C13H17ClN2O. The monoisotopic (exact) mass is 252 g/mol. The summed E-state index contributed by atoms with van der Waals surface area (Å²) in [4.78, 5) is 4.47. The Kier molecular flexibility index (Phi) is 3.40. The summed E-state index contributed by atoms with van der Waals surface area (Å²) in [6, 6.07) is 5.96. The number of aliphatic hydroxyl groups excluding tert-OH is 1. The first-order valence-corrected chi connectivity index (χ1v) is 6.27. The van der Waals surface area contributed by atoms with Crippen LogP contribution in [-0.2, 0) is 0 Å². The minimum Gasteiger partial charge on any atom is -0.385 e. The number of aliphatic hydroxyl groups is 1. The number of rotatable bonds is 3. The number of aromatic nitrogens is 2. The lowest BCUT2D eigenvalue weighted by molar-refractivity contribution is 0.182. The van der Waals surface area contributed by atoms with Gasteiger partial charge in [-0.25, -0.2) is 4.98 Å². The minimum absolute atomic E-state index is 0.311. The summed E-state index contributed by atoms with van der Waals surface area (Å²) in [6.07, 6.45) is 0.420. The van der Waals surface area contributed by atoms with Gasteiger partial charge in [0.1, 0.15) is 11.9 Å². The molecule has 1 N–H and O–H groups in total. The van der Waals surface area contributed by atoms with Gasteiger partial charge in [0.05, 0.1) is 11.0 Å². The van der Waals surface area contributed by atoms with E-state index in [9.17, 15) is 5.11 Å². The fraction of sp³-hybridized carbons (Fsp3) is 0.462. The highest BCUT2D eigenvalue weighted by Crippen LogP contribution is 2.28. The van der Waals surface area contributed by atoms with Crippen LogP contribution in [0.4, 0.5) is 0 Å². The van der Waals surface area contributed by atoms with E-state index in [0.29, 0.717) is 16.9 Å². The van der Waals surface area contributed by atoms with Gasteiger partial charge in [0.25, 0.3) is 0 Å². The van der Waals surface area contributed by atoms with Gasteiger partial charge < -0.3 is 9.67 Å². The molecule has 1 aromatic carbocycles. The molecule has 0 saturated heterocycles. The van der Waals surface area contributed by atoms with E-state index in [2.05, 4.69) is 23.4 Å². The summed E-state index contributed by atoms with van der Waals surface area (Å²) < 4.78 is 2.09. The van der Waals surface area contributed by atoms with Crippen molar-refractivity contribution in [3.05, 3.63) is 29.0 Å². The molecule has 2 atom stereocenters. The van der Waals surface area contributed by atoms with Gasteiger partial charge in [-0.2, -0.15) is 0 Å². The first kappa shape index (κ1) is 12.4. The lowest BCUT2D eigenvalue weighted by Crippen LogP contribution is -2.10. The van der Waals surface area contributed by atoms with Gasteiger partial charge in [0.2, 0.25) is 0 Å². The molecule has 0 aliphatic heterocycles. The molecule has 92 valence electrons. The molecule has 0 spiro atoms. The van der Waals surface area contributed by atoms with Crippen molar-refractivity contribution < 1.29 is 5.11 Å². The zero-order chi connectivity index (χ0) is 12.6. The molecule has 0 unspecified atom stereocenters. The van der Waals surface area contributed by atoms with E-state index in [0.717, 1.165) is 17.5 Å². The van der Waals surface area contributed by atoms with Crippen molar-refractivity contribution in [1.29, 1.82) is 0 Å². The Balaban J connectivity index is 2.71. The molecule has 1 aromatic heterocycles. The molecule has 17 heavy (non-hydrogen) atoms. The molecule has 4 heteroatoms. The number of hydrogen-bond donors (Lipinski definition) is 1. The van der Waals surface area contributed by atoms with Crippen LogP contribution in [0.1, 0.15) is 45.2 Å². The largest absolute Gasteiger partial charge is 0.385 e. The Morgan fingerprint density at radius 2 is 2.12 bits per heavy atom. The topological polar surface area (TPSA) is 38.0 Å². The maximum Gasteiger partial charge on any atom is 0.138 e. The zero-order valence-corrected chi connectivity index (χ0v) is 11.1.